The standard InChI is InChI=1S/C18H24N2O2/c1-2-20(16-11-7-4-8-12-16)18(22)17(21)19-14-13-15-9-5-3-6-10-15/h4,7-9,11-12H,2-3,5-6,10,13-14H2,1H3,(H,19,21). The van der Waals surface area contributed by atoms with Crippen molar-refractivity contribution in [1.82, 2.24) is 5.32 Å². The first-order chi connectivity index (χ1) is 10.7. The van der Waals surface area contributed by atoms with E-state index in [1.807, 2.05) is 37.3 Å². The molecule has 4 nitrogen and oxygen atoms in total. The molecule has 1 aliphatic rings. The summed E-state index contributed by atoms with van der Waals surface area (Å²) in [5.41, 5.74) is 2.15. The largest absolute Gasteiger partial charge is 0.347 e. The third kappa shape index (κ3) is 4.45. The highest BCUT2D eigenvalue weighted by molar-refractivity contribution is 6.40. The van der Waals surface area contributed by atoms with Crippen LogP contribution in [0.4, 0.5) is 5.69 Å². The van der Waals surface area contributed by atoms with Gasteiger partial charge in [-0.3, -0.25) is 9.59 Å². The van der Waals surface area contributed by atoms with Crippen LogP contribution in [0.1, 0.15) is 39.0 Å². The highest BCUT2D eigenvalue weighted by Gasteiger charge is 2.21. The zero-order valence-corrected chi connectivity index (χ0v) is 13.2. The Morgan fingerprint density at radius 1 is 1.18 bits per heavy atom. The van der Waals surface area contributed by atoms with Crippen LogP contribution in [0.15, 0.2) is 42.0 Å². The van der Waals surface area contributed by atoms with Crippen molar-refractivity contribution >= 4 is 17.5 Å². The fraction of sp³-hybridized carbons (Fsp3) is 0.444. The van der Waals surface area contributed by atoms with Crippen molar-refractivity contribution < 1.29 is 9.59 Å². The molecule has 0 bridgehead atoms. The summed E-state index contributed by atoms with van der Waals surface area (Å²) in [5.74, 6) is -1.02. The van der Waals surface area contributed by atoms with Crippen molar-refractivity contribution in [3.05, 3.63) is 42.0 Å². The first kappa shape index (κ1) is 16.3. The Bertz CT molecular complexity index is 537. The highest BCUT2D eigenvalue weighted by Crippen LogP contribution is 2.19. The number of amides is 2. The van der Waals surface area contributed by atoms with E-state index in [1.165, 1.54) is 23.3 Å². The van der Waals surface area contributed by atoms with Gasteiger partial charge in [0, 0.05) is 18.8 Å². The first-order valence-corrected chi connectivity index (χ1v) is 8.05. The third-order valence-electron chi connectivity index (χ3n) is 3.94. The minimum atomic E-state index is -0.526. The van der Waals surface area contributed by atoms with E-state index in [1.54, 1.807) is 0 Å². The second kappa shape index (κ2) is 8.37. The molecule has 4 heteroatoms. The van der Waals surface area contributed by atoms with E-state index in [0.29, 0.717) is 13.1 Å². The monoisotopic (exact) mass is 300 g/mol. The zero-order chi connectivity index (χ0) is 15.8. The van der Waals surface area contributed by atoms with Crippen molar-refractivity contribution in [2.75, 3.05) is 18.0 Å². The Morgan fingerprint density at radius 3 is 2.59 bits per heavy atom. The first-order valence-electron chi connectivity index (χ1n) is 8.05. The quantitative estimate of drug-likeness (QED) is 0.671. The van der Waals surface area contributed by atoms with Gasteiger partial charge in [-0.05, 0) is 51.2 Å². The molecule has 0 aliphatic heterocycles. The summed E-state index contributed by atoms with van der Waals surface area (Å²) in [7, 11) is 0. The second-order valence-corrected chi connectivity index (χ2v) is 5.50. The van der Waals surface area contributed by atoms with Crippen molar-refractivity contribution in [1.29, 1.82) is 0 Å². The lowest BCUT2D eigenvalue weighted by Gasteiger charge is -2.20. The lowest BCUT2D eigenvalue weighted by molar-refractivity contribution is -0.137. The molecule has 1 aromatic rings. The summed E-state index contributed by atoms with van der Waals surface area (Å²) in [6, 6.07) is 9.28. The van der Waals surface area contributed by atoms with Gasteiger partial charge in [-0.1, -0.05) is 29.8 Å². The third-order valence-corrected chi connectivity index (χ3v) is 3.94. The second-order valence-electron chi connectivity index (χ2n) is 5.50. The SMILES string of the molecule is CCN(C(=O)C(=O)NCCC1=CCCCC1)c1ccccc1. The van der Waals surface area contributed by atoms with Crippen molar-refractivity contribution in [2.24, 2.45) is 0 Å². The summed E-state index contributed by atoms with van der Waals surface area (Å²) < 4.78 is 0. The van der Waals surface area contributed by atoms with Crippen LogP contribution in [-0.2, 0) is 9.59 Å². The van der Waals surface area contributed by atoms with Crippen molar-refractivity contribution in [3.8, 4) is 0 Å². The van der Waals surface area contributed by atoms with E-state index in [-0.39, 0.29) is 0 Å². The molecule has 1 N–H and O–H groups in total. The van der Waals surface area contributed by atoms with Gasteiger partial charge in [0.25, 0.3) is 0 Å². The maximum absolute atomic E-state index is 12.3. The summed E-state index contributed by atoms with van der Waals surface area (Å²) >= 11 is 0. The number of anilines is 1. The molecule has 118 valence electrons. The number of allylic oxidation sites excluding steroid dienone is 1. The molecule has 22 heavy (non-hydrogen) atoms. The molecular formula is C18H24N2O2. The van der Waals surface area contributed by atoms with Gasteiger partial charge >= 0.3 is 11.8 Å². The van der Waals surface area contributed by atoms with Crippen LogP contribution in [0.25, 0.3) is 0 Å². The van der Waals surface area contributed by atoms with Gasteiger partial charge in [-0.15, -0.1) is 0 Å². The van der Waals surface area contributed by atoms with Gasteiger partial charge in [0.2, 0.25) is 0 Å². The summed E-state index contributed by atoms with van der Waals surface area (Å²) in [6.45, 7) is 2.87. The Hall–Kier alpha value is -2.10. The maximum atomic E-state index is 12.3. The summed E-state index contributed by atoms with van der Waals surface area (Å²) in [6.07, 6.45) is 7.86. The van der Waals surface area contributed by atoms with Crippen molar-refractivity contribution in [2.45, 2.75) is 39.0 Å². The predicted molar refractivity (Wildman–Crippen MR) is 88.6 cm³/mol. The molecule has 0 heterocycles. The summed E-state index contributed by atoms with van der Waals surface area (Å²) in [5, 5.41) is 2.74. The van der Waals surface area contributed by atoms with Crippen LogP contribution in [0, 0.1) is 0 Å². The van der Waals surface area contributed by atoms with Crippen LogP contribution in [-0.4, -0.2) is 24.9 Å². The molecule has 2 rings (SSSR count). The maximum Gasteiger partial charge on any atom is 0.316 e. The molecule has 0 spiro atoms. The van der Waals surface area contributed by atoms with E-state index in [4.69, 9.17) is 0 Å². The lowest BCUT2D eigenvalue weighted by atomic mass is 9.97. The summed E-state index contributed by atoms with van der Waals surface area (Å²) in [4.78, 5) is 25.8. The molecule has 0 fully saturated rings. The minimum Gasteiger partial charge on any atom is -0.347 e. The molecule has 0 radical (unpaired) electrons. The topological polar surface area (TPSA) is 49.4 Å². The Morgan fingerprint density at radius 2 is 1.95 bits per heavy atom. The van der Waals surface area contributed by atoms with Gasteiger partial charge in [0.15, 0.2) is 0 Å². The number of likely N-dealkylation sites (N-methyl/N-ethyl adjacent to an activating group) is 1. The number of hydrogen-bond donors (Lipinski definition) is 1. The van der Waals surface area contributed by atoms with E-state index < -0.39 is 11.8 Å². The molecule has 0 aromatic heterocycles. The molecule has 1 aromatic carbocycles. The smallest absolute Gasteiger partial charge is 0.316 e. The van der Waals surface area contributed by atoms with Crippen LogP contribution < -0.4 is 10.2 Å². The lowest BCUT2D eigenvalue weighted by Crippen LogP contribution is -2.43. The van der Waals surface area contributed by atoms with Gasteiger partial charge in [0.1, 0.15) is 0 Å². The number of para-hydroxylation sites is 1. The van der Waals surface area contributed by atoms with Gasteiger partial charge in [-0.25, -0.2) is 0 Å². The Kier molecular flexibility index (Phi) is 6.19. The van der Waals surface area contributed by atoms with Gasteiger partial charge < -0.3 is 10.2 Å². The fourth-order valence-corrected chi connectivity index (χ4v) is 2.72. The number of benzene rings is 1. The van der Waals surface area contributed by atoms with Crippen LogP contribution >= 0.6 is 0 Å². The van der Waals surface area contributed by atoms with Crippen molar-refractivity contribution in [3.63, 3.8) is 0 Å². The molecule has 0 atom stereocenters. The number of hydrogen-bond acceptors (Lipinski definition) is 2. The van der Waals surface area contributed by atoms with Gasteiger partial charge in [0.05, 0.1) is 0 Å². The highest BCUT2D eigenvalue weighted by atomic mass is 16.2. The van der Waals surface area contributed by atoms with E-state index in [9.17, 15) is 9.59 Å². The molecule has 0 saturated heterocycles. The zero-order valence-electron chi connectivity index (χ0n) is 13.2. The molecular weight excluding hydrogens is 276 g/mol. The number of nitrogens with zero attached hydrogens (tertiary/aromatic N) is 1. The Labute approximate surface area is 132 Å². The number of nitrogens with one attached hydrogen (secondary N) is 1. The number of carbonyl (C=O) groups is 2. The van der Waals surface area contributed by atoms with E-state index in [2.05, 4.69) is 11.4 Å². The molecule has 1 aliphatic carbocycles. The molecule has 0 saturated carbocycles. The van der Waals surface area contributed by atoms with Gasteiger partial charge in [-0.2, -0.15) is 0 Å². The fourth-order valence-electron chi connectivity index (χ4n) is 2.72. The average Bonchev–Trinajstić information content (AvgIpc) is 2.57. The molecule has 2 amide bonds. The van der Waals surface area contributed by atoms with E-state index in [0.717, 1.165) is 24.9 Å². The number of rotatable bonds is 5. The normalized spacial score (nSPS) is 14.1. The average molecular weight is 300 g/mol. The molecule has 0 unspecified atom stereocenters. The van der Waals surface area contributed by atoms with E-state index >= 15 is 0 Å². The Balaban J connectivity index is 1.85. The number of carbonyl (C=O) groups excluding carboxylic acids is 2. The predicted octanol–water partition coefficient (Wildman–Crippen LogP) is 3.05. The van der Waals surface area contributed by atoms with Crippen LogP contribution in [0.3, 0.4) is 0 Å². The van der Waals surface area contributed by atoms with Crippen LogP contribution in [0.2, 0.25) is 0 Å². The minimum absolute atomic E-state index is 0.474. The van der Waals surface area contributed by atoms with Crippen LogP contribution in [0.5, 0.6) is 0 Å².